The van der Waals surface area contributed by atoms with Gasteiger partial charge in [-0.2, -0.15) is 0 Å². The van der Waals surface area contributed by atoms with Crippen LogP contribution in [0.3, 0.4) is 0 Å². The lowest BCUT2D eigenvalue weighted by molar-refractivity contribution is 0.0853. The Morgan fingerprint density at radius 3 is 2.67 bits per heavy atom. The van der Waals surface area contributed by atoms with Crippen LogP contribution in [-0.4, -0.2) is 33.3 Å². The summed E-state index contributed by atoms with van der Waals surface area (Å²) in [4.78, 5) is 1.91. The Labute approximate surface area is 77.7 Å². The Bertz CT molecular complexity index is 195. The van der Waals surface area contributed by atoms with Crippen LogP contribution in [0.25, 0.3) is 0 Å². The van der Waals surface area contributed by atoms with Crippen LogP contribution in [-0.2, 0) is 0 Å². The van der Waals surface area contributed by atoms with Gasteiger partial charge in [0.05, 0.1) is 11.6 Å². The lowest BCUT2D eigenvalue weighted by atomic mass is 9.99. The number of nitrogens with one attached hydrogen (secondary N) is 1. The number of aliphatic hydroxyl groups excluding tert-OH is 1. The molecular formula is C7H15N3OS. The maximum absolute atomic E-state index is 9.60. The molecule has 1 aliphatic heterocycles. The van der Waals surface area contributed by atoms with Crippen LogP contribution in [0.15, 0.2) is 0 Å². The molecule has 0 aromatic heterocycles. The van der Waals surface area contributed by atoms with E-state index in [-0.39, 0.29) is 11.6 Å². The van der Waals surface area contributed by atoms with Gasteiger partial charge >= 0.3 is 0 Å². The quantitative estimate of drug-likeness (QED) is 0.274. The third-order valence-corrected chi connectivity index (χ3v) is 2.84. The molecule has 1 atom stereocenters. The third kappa shape index (κ3) is 1.39. The molecule has 1 saturated heterocycles. The summed E-state index contributed by atoms with van der Waals surface area (Å²) >= 11 is 5.00. The molecule has 1 fully saturated rings. The normalized spacial score (nSPS) is 27.3. The van der Waals surface area contributed by atoms with Crippen LogP contribution in [0.1, 0.15) is 20.3 Å². The molecule has 0 amide bonds. The fourth-order valence-corrected chi connectivity index (χ4v) is 1.84. The van der Waals surface area contributed by atoms with Crippen molar-refractivity contribution in [3.05, 3.63) is 0 Å². The Hall–Kier alpha value is -0.390. The van der Waals surface area contributed by atoms with E-state index >= 15 is 0 Å². The second-order valence-electron chi connectivity index (χ2n) is 3.56. The monoisotopic (exact) mass is 189 g/mol. The van der Waals surface area contributed by atoms with Gasteiger partial charge in [-0.1, -0.05) is 0 Å². The minimum atomic E-state index is -0.330. The number of likely N-dealkylation sites (tertiary alicyclic amines) is 1. The first kappa shape index (κ1) is 9.70. The van der Waals surface area contributed by atoms with E-state index in [1.807, 2.05) is 18.7 Å². The molecule has 1 heterocycles. The summed E-state index contributed by atoms with van der Waals surface area (Å²) < 4.78 is 0. The van der Waals surface area contributed by atoms with Gasteiger partial charge in [0.1, 0.15) is 0 Å². The number of thiocarbonyl (C=S) groups is 1. The van der Waals surface area contributed by atoms with E-state index in [1.165, 1.54) is 0 Å². The highest BCUT2D eigenvalue weighted by Crippen LogP contribution is 2.28. The van der Waals surface area contributed by atoms with Crippen molar-refractivity contribution < 1.29 is 5.11 Å². The molecule has 0 aromatic carbocycles. The average molecular weight is 189 g/mol. The average Bonchev–Trinajstić information content (AvgIpc) is 2.27. The molecule has 0 bridgehead atoms. The number of nitrogens with zero attached hydrogens (tertiary/aromatic N) is 1. The molecule has 70 valence electrons. The van der Waals surface area contributed by atoms with E-state index in [4.69, 9.17) is 18.1 Å². The van der Waals surface area contributed by atoms with E-state index in [0.717, 1.165) is 13.0 Å². The van der Waals surface area contributed by atoms with Gasteiger partial charge in [0.2, 0.25) is 0 Å². The summed E-state index contributed by atoms with van der Waals surface area (Å²) in [7, 11) is 0. The zero-order valence-corrected chi connectivity index (χ0v) is 8.19. The van der Waals surface area contributed by atoms with Gasteiger partial charge in [-0.3, -0.25) is 0 Å². The second kappa shape index (κ2) is 3.16. The predicted octanol–water partition coefficient (Wildman–Crippen LogP) is -0.420. The van der Waals surface area contributed by atoms with Crippen molar-refractivity contribution >= 4 is 17.3 Å². The Morgan fingerprint density at radius 2 is 2.33 bits per heavy atom. The molecular weight excluding hydrogens is 174 g/mol. The molecule has 1 unspecified atom stereocenters. The lowest BCUT2D eigenvalue weighted by Gasteiger charge is -2.35. The first-order valence-electron chi connectivity index (χ1n) is 3.96. The molecule has 4 nitrogen and oxygen atoms in total. The maximum Gasteiger partial charge on any atom is 0.183 e. The fraction of sp³-hybridized carbons (Fsp3) is 0.857. The lowest BCUT2D eigenvalue weighted by Crippen LogP contribution is -2.53. The van der Waals surface area contributed by atoms with E-state index < -0.39 is 0 Å². The summed E-state index contributed by atoms with van der Waals surface area (Å²) in [6.45, 7) is 4.67. The fourth-order valence-electron chi connectivity index (χ4n) is 1.51. The standard InChI is InChI=1S/C7H15N3OS/c1-7(2)5(11)3-4-10(7)6(12)9-8/h5,11H,3-4,8H2,1-2H3,(H,9,12). The third-order valence-electron chi connectivity index (χ3n) is 2.51. The zero-order valence-electron chi connectivity index (χ0n) is 7.37. The number of hydrogen-bond acceptors (Lipinski definition) is 3. The van der Waals surface area contributed by atoms with Gasteiger partial charge in [0, 0.05) is 6.54 Å². The molecule has 1 rings (SSSR count). The molecule has 5 heteroatoms. The van der Waals surface area contributed by atoms with Crippen LogP contribution in [0, 0.1) is 0 Å². The first-order valence-corrected chi connectivity index (χ1v) is 4.37. The van der Waals surface area contributed by atoms with Crippen molar-refractivity contribution in [2.75, 3.05) is 6.54 Å². The van der Waals surface area contributed by atoms with Crippen LogP contribution in [0.4, 0.5) is 0 Å². The first-order chi connectivity index (χ1) is 5.50. The Morgan fingerprint density at radius 1 is 1.75 bits per heavy atom. The topological polar surface area (TPSA) is 61.5 Å². The molecule has 1 aliphatic rings. The van der Waals surface area contributed by atoms with Crippen molar-refractivity contribution in [1.29, 1.82) is 0 Å². The van der Waals surface area contributed by atoms with E-state index in [2.05, 4.69) is 5.43 Å². The van der Waals surface area contributed by atoms with E-state index in [1.54, 1.807) is 0 Å². The van der Waals surface area contributed by atoms with Gasteiger partial charge in [0.25, 0.3) is 0 Å². The van der Waals surface area contributed by atoms with Crippen LogP contribution in [0.2, 0.25) is 0 Å². The number of hydrogen-bond donors (Lipinski definition) is 3. The predicted molar refractivity (Wildman–Crippen MR) is 51.3 cm³/mol. The SMILES string of the molecule is CC1(C)C(O)CCN1C(=S)NN. The van der Waals surface area contributed by atoms with Gasteiger partial charge in [-0.25, -0.2) is 5.84 Å². The van der Waals surface area contributed by atoms with Crippen molar-refractivity contribution in [2.24, 2.45) is 5.84 Å². The molecule has 0 radical (unpaired) electrons. The van der Waals surface area contributed by atoms with Crippen molar-refractivity contribution in [2.45, 2.75) is 31.9 Å². The summed E-state index contributed by atoms with van der Waals surface area (Å²) in [5.41, 5.74) is 2.13. The van der Waals surface area contributed by atoms with Crippen LogP contribution >= 0.6 is 12.2 Å². The molecule has 0 saturated carbocycles. The minimum absolute atomic E-state index is 0.302. The van der Waals surface area contributed by atoms with E-state index in [9.17, 15) is 5.11 Å². The van der Waals surface area contributed by atoms with Crippen molar-refractivity contribution in [3.8, 4) is 0 Å². The molecule has 4 N–H and O–H groups in total. The van der Waals surface area contributed by atoms with Crippen LogP contribution < -0.4 is 11.3 Å². The van der Waals surface area contributed by atoms with Gasteiger partial charge in [0.15, 0.2) is 5.11 Å². The minimum Gasteiger partial charge on any atom is -0.391 e. The number of aliphatic hydroxyl groups is 1. The summed E-state index contributed by atoms with van der Waals surface area (Å²) in [6, 6.07) is 0. The molecule has 0 spiro atoms. The number of nitrogens with two attached hydrogens (primary N) is 1. The highest BCUT2D eigenvalue weighted by molar-refractivity contribution is 7.80. The summed E-state index contributed by atoms with van der Waals surface area (Å²) in [6.07, 6.45) is 0.415. The summed E-state index contributed by atoms with van der Waals surface area (Å²) in [5.74, 6) is 5.20. The van der Waals surface area contributed by atoms with Gasteiger partial charge < -0.3 is 15.4 Å². The van der Waals surface area contributed by atoms with Gasteiger partial charge in [-0.05, 0) is 32.5 Å². The summed E-state index contributed by atoms with van der Waals surface area (Å²) in [5, 5.41) is 10.1. The molecule has 12 heavy (non-hydrogen) atoms. The Balaban J connectivity index is 2.74. The highest BCUT2D eigenvalue weighted by atomic mass is 32.1. The highest BCUT2D eigenvalue weighted by Gasteiger charge is 2.41. The smallest absolute Gasteiger partial charge is 0.183 e. The number of hydrazine groups is 1. The van der Waals surface area contributed by atoms with Crippen LogP contribution in [0.5, 0.6) is 0 Å². The zero-order chi connectivity index (χ0) is 9.35. The second-order valence-corrected chi connectivity index (χ2v) is 3.95. The van der Waals surface area contributed by atoms with Crippen molar-refractivity contribution in [1.82, 2.24) is 10.3 Å². The largest absolute Gasteiger partial charge is 0.391 e. The van der Waals surface area contributed by atoms with E-state index in [0.29, 0.717) is 5.11 Å². The van der Waals surface area contributed by atoms with Crippen molar-refractivity contribution in [3.63, 3.8) is 0 Å². The maximum atomic E-state index is 9.60. The Kier molecular flexibility index (Phi) is 2.55. The van der Waals surface area contributed by atoms with Gasteiger partial charge in [-0.15, -0.1) is 0 Å². The number of rotatable bonds is 0. The molecule has 0 aliphatic carbocycles. The molecule has 0 aromatic rings.